The van der Waals surface area contributed by atoms with Crippen LogP contribution < -0.4 is 10.4 Å². The van der Waals surface area contributed by atoms with Gasteiger partial charge in [-0.1, -0.05) is 133 Å². The Bertz CT molecular complexity index is 1290. The summed E-state index contributed by atoms with van der Waals surface area (Å²) in [6.45, 7) is 28.3. The maximum absolute atomic E-state index is 7.64. The Morgan fingerprint density at radius 1 is 1.04 bits per heavy atom. The highest BCUT2D eigenvalue weighted by molar-refractivity contribution is 6.99. The molecular formula is C43H62OSi. The molecule has 4 rings (SSSR count). The predicted octanol–water partition coefficient (Wildman–Crippen LogP) is 11.1. The van der Waals surface area contributed by atoms with Crippen molar-refractivity contribution in [2.24, 2.45) is 35.0 Å². The second-order valence-corrected chi connectivity index (χ2v) is 20.4. The van der Waals surface area contributed by atoms with Gasteiger partial charge in [-0.15, -0.1) is 13.2 Å². The van der Waals surface area contributed by atoms with Crippen molar-refractivity contribution in [3.63, 3.8) is 0 Å². The quantitative estimate of drug-likeness (QED) is 0.150. The number of hydrogen-bond donors (Lipinski definition) is 0. The Hall–Kier alpha value is -2.42. The summed E-state index contributed by atoms with van der Waals surface area (Å²) in [5.74, 6) is 3.31. The highest BCUT2D eigenvalue weighted by Gasteiger charge is 2.50. The molecule has 0 amide bonds. The Labute approximate surface area is 278 Å². The van der Waals surface area contributed by atoms with Crippen LogP contribution in [0.1, 0.15) is 100 Å². The Morgan fingerprint density at radius 2 is 1.64 bits per heavy atom. The van der Waals surface area contributed by atoms with Crippen molar-refractivity contribution in [2.75, 3.05) is 6.61 Å². The molecule has 2 heteroatoms. The molecule has 45 heavy (non-hydrogen) atoms. The van der Waals surface area contributed by atoms with Crippen LogP contribution >= 0.6 is 0 Å². The van der Waals surface area contributed by atoms with E-state index in [1.165, 1.54) is 40.8 Å². The zero-order chi connectivity index (χ0) is 32.8. The summed E-state index contributed by atoms with van der Waals surface area (Å²) >= 11 is 0. The molecule has 244 valence electrons. The van der Waals surface area contributed by atoms with E-state index >= 15 is 0 Å². The van der Waals surface area contributed by atoms with Gasteiger partial charge >= 0.3 is 0 Å². The summed E-state index contributed by atoms with van der Waals surface area (Å²) in [4.78, 5) is 0. The molecule has 0 spiro atoms. The fourth-order valence-corrected chi connectivity index (χ4v) is 13.4. The van der Waals surface area contributed by atoms with E-state index in [0.717, 1.165) is 31.6 Å². The normalized spacial score (nSPS) is 25.9. The second kappa shape index (κ2) is 15.0. The molecule has 2 aliphatic carbocycles. The minimum Gasteiger partial charge on any atom is -0.403 e. The lowest BCUT2D eigenvalue weighted by Crippen LogP contribution is -2.66. The first-order valence-electron chi connectivity index (χ1n) is 17.7. The molecule has 2 aliphatic rings. The molecule has 0 saturated heterocycles. The number of allylic oxidation sites excluding steroid dienone is 4. The molecule has 0 heterocycles. The molecule has 0 aromatic heterocycles. The fraction of sp³-hybridized carbons (Fsp3) is 0.535. The summed E-state index contributed by atoms with van der Waals surface area (Å²) < 4.78 is 7.64. The van der Waals surface area contributed by atoms with Crippen molar-refractivity contribution in [2.45, 2.75) is 105 Å². The zero-order valence-corrected chi connectivity index (χ0v) is 30.9. The molecular weight excluding hydrogens is 561 g/mol. The molecule has 0 unspecified atom stereocenters. The summed E-state index contributed by atoms with van der Waals surface area (Å²) in [5.41, 5.74) is 4.59. The van der Waals surface area contributed by atoms with Crippen molar-refractivity contribution in [1.29, 1.82) is 0 Å². The van der Waals surface area contributed by atoms with Crippen LogP contribution in [0.3, 0.4) is 0 Å². The average molecular weight is 623 g/mol. The maximum atomic E-state index is 7.64. The molecule has 2 aromatic rings. The minimum atomic E-state index is -2.67. The van der Waals surface area contributed by atoms with Gasteiger partial charge in [0.2, 0.25) is 0 Å². The third kappa shape index (κ3) is 7.77. The Kier molecular flexibility index (Phi) is 11.8. The SMILES string of the molecule is C=CC[C@@]1(C)CC[C@H](C(C)C)[C@@H]1C/C=C(/CO[Si](c1ccccc1)(c1ccccc1)C(C)(C)C)C1=CC[C@H](C)[C@@H]1CCC(=C)C. The van der Waals surface area contributed by atoms with E-state index in [2.05, 4.69) is 147 Å². The molecule has 1 nitrogen and oxygen atoms in total. The van der Waals surface area contributed by atoms with Crippen LogP contribution in [0.25, 0.3) is 0 Å². The number of hydrogen-bond acceptors (Lipinski definition) is 1. The van der Waals surface area contributed by atoms with E-state index < -0.39 is 8.32 Å². The van der Waals surface area contributed by atoms with Crippen LogP contribution in [0.5, 0.6) is 0 Å². The first-order valence-corrected chi connectivity index (χ1v) is 19.6. The third-order valence-electron chi connectivity index (χ3n) is 11.5. The zero-order valence-electron chi connectivity index (χ0n) is 29.9. The smallest absolute Gasteiger partial charge is 0.261 e. The molecule has 0 aliphatic heterocycles. The third-order valence-corrected chi connectivity index (χ3v) is 16.4. The van der Waals surface area contributed by atoms with Gasteiger partial charge in [0.15, 0.2) is 0 Å². The summed E-state index contributed by atoms with van der Waals surface area (Å²) in [5, 5.41) is 2.66. The van der Waals surface area contributed by atoms with E-state index in [1.807, 2.05) is 0 Å². The second-order valence-electron chi connectivity index (χ2n) is 16.1. The van der Waals surface area contributed by atoms with Crippen LogP contribution in [0.2, 0.25) is 5.04 Å². The molecule has 2 aromatic carbocycles. The largest absolute Gasteiger partial charge is 0.403 e. The van der Waals surface area contributed by atoms with Crippen molar-refractivity contribution in [3.8, 4) is 0 Å². The fourth-order valence-electron chi connectivity index (χ4n) is 8.86. The van der Waals surface area contributed by atoms with Gasteiger partial charge in [-0.25, -0.2) is 0 Å². The molecule has 5 atom stereocenters. The van der Waals surface area contributed by atoms with Crippen LogP contribution in [0, 0.1) is 35.0 Å². The maximum Gasteiger partial charge on any atom is 0.261 e. The highest BCUT2D eigenvalue weighted by Crippen LogP contribution is 2.54. The lowest BCUT2D eigenvalue weighted by Gasteiger charge is -2.43. The Balaban J connectivity index is 1.80. The van der Waals surface area contributed by atoms with Gasteiger partial charge in [0.05, 0.1) is 6.61 Å². The molecule has 0 bridgehead atoms. The lowest BCUT2D eigenvalue weighted by atomic mass is 9.70. The summed E-state index contributed by atoms with van der Waals surface area (Å²) in [6.07, 6.45) is 15.6. The van der Waals surface area contributed by atoms with E-state index in [4.69, 9.17) is 4.43 Å². The lowest BCUT2D eigenvalue weighted by molar-refractivity contribution is 0.170. The Morgan fingerprint density at radius 3 is 2.16 bits per heavy atom. The van der Waals surface area contributed by atoms with Gasteiger partial charge in [-0.2, -0.15) is 0 Å². The van der Waals surface area contributed by atoms with E-state index in [1.54, 1.807) is 5.57 Å². The van der Waals surface area contributed by atoms with Crippen LogP contribution in [0.15, 0.2) is 109 Å². The molecule has 0 radical (unpaired) electrons. The van der Waals surface area contributed by atoms with Crippen molar-refractivity contribution >= 4 is 18.7 Å². The van der Waals surface area contributed by atoms with Gasteiger partial charge < -0.3 is 4.43 Å². The molecule has 1 fully saturated rings. The summed E-state index contributed by atoms with van der Waals surface area (Å²) in [6, 6.07) is 22.3. The van der Waals surface area contributed by atoms with Gasteiger partial charge in [0, 0.05) is 0 Å². The standard InChI is InChI=1S/C43H62OSi/c1-11-29-43(10)30-28-38(33(4)5)41(43)27-24-35(40-26-23-34(6)39(40)25-22-32(2)3)31-44-45(42(7,8)9,36-18-14-12-15-19-36)37-20-16-13-17-21-37/h11-21,24,26,33-34,38-39,41H,1-2,22-23,25,27-31H2,3-10H3/b35-24-/t34-,38+,39-,41-,43-/m0/s1. The molecule has 1 saturated carbocycles. The monoisotopic (exact) mass is 622 g/mol. The summed E-state index contributed by atoms with van der Waals surface area (Å²) in [7, 11) is -2.67. The highest BCUT2D eigenvalue weighted by atomic mass is 28.4. The minimum absolute atomic E-state index is 0.0474. The van der Waals surface area contributed by atoms with E-state index in [-0.39, 0.29) is 5.04 Å². The average Bonchev–Trinajstić information content (AvgIpc) is 3.53. The van der Waals surface area contributed by atoms with E-state index in [0.29, 0.717) is 35.7 Å². The van der Waals surface area contributed by atoms with Gasteiger partial charge in [0.25, 0.3) is 8.32 Å². The first-order chi connectivity index (χ1) is 21.3. The van der Waals surface area contributed by atoms with Crippen LogP contribution in [-0.2, 0) is 4.43 Å². The first kappa shape index (κ1) is 35.4. The topological polar surface area (TPSA) is 9.23 Å². The van der Waals surface area contributed by atoms with Gasteiger partial charge in [0.1, 0.15) is 0 Å². The van der Waals surface area contributed by atoms with E-state index in [9.17, 15) is 0 Å². The van der Waals surface area contributed by atoms with Gasteiger partial charge in [-0.3, -0.25) is 0 Å². The van der Waals surface area contributed by atoms with Crippen LogP contribution in [0.4, 0.5) is 0 Å². The van der Waals surface area contributed by atoms with Crippen molar-refractivity contribution in [1.82, 2.24) is 0 Å². The van der Waals surface area contributed by atoms with Crippen molar-refractivity contribution < 1.29 is 4.43 Å². The number of benzene rings is 2. The predicted molar refractivity (Wildman–Crippen MR) is 200 cm³/mol. The van der Waals surface area contributed by atoms with Crippen LogP contribution in [-0.4, -0.2) is 14.9 Å². The van der Waals surface area contributed by atoms with Gasteiger partial charge in [-0.05, 0) is 113 Å². The number of rotatable bonds is 14. The molecule has 0 N–H and O–H groups in total. The van der Waals surface area contributed by atoms with Crippen molar-refractivity contribution in [3.05, 3.63) is 109 Å².